The van der Waals surface area contributed by atoms with Crippen LogP contribution in [0.25, 0.3) is 11.0 Å². The second kappa shape index (κ2) is 10.8. The van der Waals surface area contributed by atoms with Crippen LogP contribution < -0.4 is 4.74 Å². The van der Waals surface area contributed by atoms with Crippen molar-refractivity contribution in [2.45, 2.75) is 58.0 Å². The predicted molar refractivity (Wildman–Crippen MR) is 135 cm³/mol. The summed E-state index contributed by atoms with van der Waals surface area (Å²) in [6.07, 6.45) is 4.20. The van der Waals surface area contributed by atoms with Crippen LogP contribution in [0.3, 0.4) is 0 Å². The predicted octanol–water partition coefficient (Wildman–Crippen LogP) is 5.54. The summed E-state index contributed by atoms with van der Waals surface area (Å²) in [7, 11) is 1.42. The number of fused-ring (bicyclic) bond motifs is 1. The van der Waals surface area contributed by atoms with Crippen molar-refractivity contribution in [3.05, 3.63) is 83.2 Å². The first-order chi connectivity index (χ1) is 17.2. The molecule has 1 N–H and O–H groups in total. The lowest BCUT2D eigenvalue weighted by atomic mass is 9.91. The average Bonchev–Trinajstić information content (AvgIpc) is 3.30. The molecule has 0 bridgehead atoms. The van der Waals surface area contributed by atoms with Crippen LogP contribution in [0.4, 0.5) is 4.39 Å². The summed E-state index contributed by atoms with van der Waals surface area (Å²) in [6.45, 7) is 5.46. The Balaban J connectivity index is 1.48. The number of aryl methyl sites for hydroxylation is 2. The lowest BCUT2D eigenvalue weighted by Crippen LogP contribution is -2.25. The van der Waals surface area contributed by atoms with Gasteiger partial charge in [-0.05, 0) is 88.1 Å². The fourth-order valence-corrected chi connectivity index (χ4v) is 4.12. The number of esters is 1. The summed E-state index contributed by atoms with van der Waals surface area (Å²) in [5, 5.41) is 8.57. The van der Waals surface area contributed by atoms with E-state index >= 15 is 0 Å². The molecule has 0 aliphatic carbocycles. The maximum absolute atomic E-state index is 14.5. The van der Waals surface area contributed by atoms with Crippen LogP contribution in [-0.2, 0) is 22.4 Å². The van der Waals surface area contributed by atoms with Crippen LogP contribution in [0.2, 0.25) is 0 Å². The van der Waals surface area contributed by atoms with Gasteiger partial charge in [0.25, 0.3) is 0 Å². The number of hydrogen-bond donors (Lipinski definition) is 1. The molecule has 8 heteroatoms. The molecule has 4 rings (SSSR count). The average molecular weight is 491 g/mol. The number of pyridine rings is 2. The van der Waals surface area contributed by atoms with Crippen LogP contribution in [0.5, 0.6) is 5.75 Å². The Morgan fingerprint density at radius 3 is 2.69 bits per heavy atom. The molecule has 0 radical (unpaired) electrons. The van der Waals surface area contributed by atoms with Crippen molar-refractivity contribution in [1.29, 1.82) is 0 Å². The highest BCUT2D eigenvalue weighted by Gasteiger charge is 2.26. The van der Waals surface area contributed by atoms with Gasteiger partial charge in [-0.2, -0.15) is 5.10 Å². The number of aromatic nitrogens is 4. The lowest BCUT2D eigenvalue weighted by molar-refractivity contribution is -0.155. The van der Waals surface area contributed by atoms with Crippen molar-refractivity contribution in [2.24, 2.45) is 0 Å². The van der Waals surface area contributed by atoms with E-state index in [0.29, 0.717) is 11.3 Å². The van der Waals surface area contributed by atoms with Gasteiger partial charge in [0.1, 0.15) is 5.60 Å². The molecule has 36 heavy (non-hydrogen) atoms. The minimum atomic E-state index is -0.615. The highest BCUT2D eigenvalue weighted by Crippen LogP contribution is 2.31. The molecule has 7 nitrogen and oxygen atoms in total. The third-order valence-corrected chi connectivity index (χ3v) is 5.78. The molecular weight excluding hydrogens is 459 g/mol. The van der Waals surface area contributed by atoms with Crippen molar-refractivity contribution in [1.82, 2.24) is 20.2 Å². The molecule has 0 saturated heterocycles. The van der Waals surface area contributed by atoms with Gasteiger partial charge in [-0.3, -0.25) is 9.89 Å². The Morgan fingerprint density at radius 1 is 1.11 bits per heavy atom. The first-order valence-corrected chi connectivity index (χ1v) is 12.0. The number of nitrogens with one attached hydrogen (secondary N) is 1. The van der Waals surface area contributed by atoms with Crippen molar-refractivity contribution in [3.63, 3.8) is 0 Å². The zero-order valence-electron chi connectivity index (χ0n) is 21.0. The molecule has 0 aliphatic heterocycles. The molecule has 0 amide bonds. The molecule has 1 atom stereocenters. The van der Waals surface area contributed by atoms with Gasteiger partial charge in [0.05, 0.1) is 19.2 Å². The number of H-pyrrole nitrogens is 1. The van der Waals surface area contributed by atoms with Gasteiger partial charge < -0.3 is 9.47 Å². The largest absolute Gasteiger partial charge is 0.494 e. The number of hydrogen-bond acceptors (Lipinski definition) is 6. The van der Waals surface area contributed by atoms with E-state index in [1.807, 2.05) is 51.1 Å². The molecule has 0 spiro atoms. The highest BCUT2D eigenvalue weighted by atomic mass is 19.1. The summed E-state index contributed by atoms with van der Waals surface area (Å²) in [5.41, 5.74) is 3.34. The molecule has 1 aromatic carbocycles. The van der Waals surface area contributed by atoms with E-state index in [0.717, 1.165) is 41.7 Å². The van der Waals surface area contributed by atoms with Gasteiger partial charge in [-0.1, -0.05) is 6.07 Å². The third kappa shape index (κ3) is 6.44. The van der Waals surface area contributed by atoms with Crippen molar-refractivity contribution < 1.29 is 18.7 Å². The fraction of sp³-hybridized carbons (Fsp3) is 0.357. The van der Waals surface area contributed by atoms with Gasteiger partial charge in [0.2, 0.25) is 0 Å². The van der Waals surface area contributed by atoms with Crippen LogP contribution in [-0.4, -0.2) is 38.8 Å². The third-order valence-electron chi connectivity index (χ3n) is 5.78. The van der Waals surface area contributed by atoms with E-state index in [2.05, 4.69) is 20.2 Å². The number of nitrogens with zero attached hydrogens (tertiary/aromatic N) is 3. The van der Waals surface area contributed by atoms with Gasteiger partial charge in [0, 0.05) is 28.9 Å². The SMILES string of the molecule is COc1ccc(C(CC(=O)OC(C)(C)C)c2cc(CCCc3ccc4cccnc4n3)[nH]n2)cc1F. The fourth-order valence-electron chi connectivity index (χ4n) is 4.12. The Bertz CT molecular complexity index is 1350. The Hall–Kier alpha value is -3.81. The maximum atomic E-state index is 14.5. The standard InChI is InChI=1S/C28H31FN4O3/c1-28(2,3)36-26(34)17-22(19-11-13-25(35-4)23(29)15-19)24-16-21(32-33-24)9-5-8-20-12-10-18-7-6-14-30-27(18)31-20/h6-7,10-16,22H,5,8-9,17H2,1-4H3,(H,32,33). The van der Waals surface area contributed by atoms with Gasteiger partial charge in [0.15, 0.2) is 17.2 Å². The van der Waals surface area contributed by atoms with E-state index in [1.54, 1.807) is 18.3 Å². The first kappa shape index (κ1) is 25.3. The van der Waals surface area contributed by atoms with E-state index < -0.39 is 17.3 Å². The number of halogens is 1. The first-order valence-electron chi connectivity index (χ1n) is 12.0. The number of methoxy groups -OCH3 is 1. The normalized spacial score (nSPS) is 12.5. The molecule has 3 heterocycles. The summed E-state index contributed by atoms with van der Waals surface area (Å²) in [4.78, 5) is 21.6. The number of ether oxygens (including phenoxy) is 2. The van der Waals surface area contributed by atoms with E-state index in [-0.39, 0.29) is 18.1 Å². The number of carbonyl (C=O) groups is 1. The summed E-state index contributed by atoms with van der Waals surface area (Å²) >= 11 is 0. The number of aromatic amines is 1. The molecule has 1 unspecified atom stereocenters. The number of rotatable bonds is 9. The van der Waals surface area contributed by atoms with E-state index in [4.69, 9.17) is 9.47 Å². The van der Waals surface area contributed by atoms with Crippen LogP contribution in [0, 0.1) is 5.82 Å². The molecule has 0 fully saturated rings. The Labute approximate surface area is 210 Å². The van der Waals surface area contributed by atoms with Gasteiger partial charge in [-0.15, -0.1) is 0 Å². The smallest absolute Gasteiger partial charge is 0.307 e. The van der Waals surface area contributed by atoms with Crippen LogP contribution in [0.1, 0.15) is 62.2 Å². The second-order valence-corrected chi connectivity index (χ2v) is 9.76. The van der Waals surface area contributed by atoms with Crippen LogP contribution >= 0.6 is 0 Å². The minimum Gasteiger partial charge on any atom is -0.494 e. The summed E-state index contributed by atoms with van der Waals surface area (Å²) in [6, 6.07) is 14.6. The Kier molecular flexibility index (Phi) is 7.62. The number of carbonyl (C=O) groups excluding carboxylic acids is 1. The summed E-state index contributed by atoms with van der Waals surface area (Å²) < 4.78 is 25.1. The second-order valence-electron chi connectivity index (χ2n) is 9.76. The zero-order valence-corrected chi connectivity index (χ0v) is 21.0. The lowest BCUT2D eigenvalue weighted by Gasteiger charge is -2.22. The molecule has 4 aromatic rings. The van der Waals surface area contributed by atoms with E-state index in [1.165, 1.54) is 13.2 Å². The molecule has 188 valence electrons. The zero-order chi connectivity index (χ0) is 25.7. The van der Waals surface area contributed by atoms with Gasteiger partial charge >= 0.3 is 5.97 Å². The Morgan fingerprint density at radius 2 is 1.94 bits per heavy atom. The molecular formula is C28H31FN4O3. The molecule has 0 saturated carbocycles. The van der Waals surface area contributed by atoms with Crippen molar-refractivity contribution >= 4 is 17.0 Å². The highest BCUT2D eigenvalue weighted by molar-refractivity contribution is 5.74. The quantitative estimate of drug-likeness (QED) is 0.310. The van der Waals surface area contributed by atoms with E-state index in [9.17, 15) is 9.18 Å². The van der Waals surface area contributed by atoms with Crippen molar-refractivity contribution in [3.8, 4) is 5.75 Å². The monoisotopic (exact) mass is 490 g/mol. The molecule has 0 aliphatic rings. The minimum absolute atomic E-state index is 0.0430. The summed E-state index contributed by atoms with van der Waals surface area (Å²) in [5.74, 6) is -1.17. The van der Waals surface area contributed by atoms with Crippen LogP contribution in [0.15, 0.2) is 54.7 Å². The van der Waals surface area contributed by atoms with Crippen molar-refractivity contribution in [2.75, 3.05) is 7.11 Å². The van der Waals surface area contributed by atoms with Gasteiger partial charge in [-0.25, -0.2) is 14.4 Å². The molecule has 3 aromatic heterocycles. The topological polar surface area (TPSA) is 90.0 Å². The maximum Gasteiger partial charge on any atom is 0.307 e. The number of benzene rings is 1.